The van der Waals surface area contributed by atoms with Crippen LogP contribution in [-0.2, 0) is 6.18 Å². The SMILES string of the molecule is FC(F)(F)Sc1nccc(I)c1C(F)(F)F. The van der Waals surface area contributed by atoms with Gasteiger partial charge in [0.15, 0.2) is 0 Å². The topological polar surface area (TPSA) is 12.9 Å². The van der Waals surface area contributed by atoms with Gasteiger partial charge in [-0.15, -0.1) is 0 Å². The molecule has 1 nitrogen and oxygen atoms in total. The Morgan fingerprint density at radius 3 is 2.12 bits per heavy atom. The molecule has 16 heavy (non-hydrogen) atoms. The Morgan fingerprint density at radius 1 is 1.12 bits per heavy atom. The van der Waals surface area contributed by atoms with Crippen molar-refractivity contribution in [1.29, 1.82) is 0 Å². The van der Waals surface area contributed by atoms with Gasteiger partial charge in [-0.1, -0.05) is 0 Å². The smallest absolute Gasteiger partial charge is 0.249 e. The molecular formula is C7H2F6INS. The molecule has 0 aliphatic heterocycles. The molecule has 0 aliphatic carbocycles. The van der Waals surface area contributed by atoms with Crippen LogP contribution in [0.15, 0.2) is 17.3 Å². The van der Waals surface area contributed by atoms with E-state index in [-0.39, 0.29) is 3.57 Å². The molecule has 0 aliphatic rings. The third-order valence-corrected chi connectivity index (χ3v) is 2.99. The van der Waals surface area contributed by atoms with Crippen LogP contribution in [0.3, 0.4) is 0 Å². The van der Waals surface area contributed by atoms with Crippen LogP contribution >= 0.6 is 34.4 Å². The molecule has 1 aromatic rings. The molecule has 0 amide bonds. The van der Waals surface area contributed by atoms with E-state index in [0.717, 1.165) is 12.3 Å². The van der Waals surface area contributed by atoms with Crippen LogP contribution in [0.25, 0.3) is 0 Å². The Bertz CT molecular complexity index is 387. The number of pyridine rings is 1. The van der Waals surface area contributed by atoms with E-state index in [1.807, 2.05) is 0 Å². The molecule has 0 atom stereocenters. The van der Waals surface area contributed by atoms with E-state index < -0.39 is 34.0 Å². The average Bonchev–Trinajstić information content (AvgIpc) is 1.97. The molecule has 0 aromatic carbocycles. The summed E-state index contributed by atoms with van der Waals surface area (Å²) in [6, 6.07) is 1.00. The van der Waals surface area contributed by atoms with Crippen molar-refractivity contribution in [3.63, 3.8) is 0 Å². The zero-order valence-electron chi connectivity index (χ0n) is 7.16. The van der Waals surface area contributed by atoms with Gasteiger partial charge in [0.2, 0.25) is 0 Å². The van der Waals surface area contributed by atoms with Crippen LogP contribution in [0.2, 0.25) is 0 Å². The number of hydrogen-bond acceptors (Lipinski definition) is 2. The quantitative estimate of drug-likeness (QED) is 0.413. The normalized spacial score (nSPS) is 12.9. The molecule has 9 heteroatoms. The maximum Gasteiger partial charge on any atom is 0.447 e. The van der Waals surface area contributed by atoms with Gasteiger partial charge in [0, 0.05) is 21.5 Å². The minimum Gasteiger partial charge on any atom is -0.249 e. The first-order valence-electron chi connectivity index (χ1n) is 3.58. The van der Waals surface area contributed by atoms with E-state index in [4.69, 9.17) is 0 Å². The summed E-state index contributed by atoms with van der Waals surface area (Å²) in [5.41, 5.74) is -6.14. The summed E-state index contributed by atoms with van der Waals surface area (Å²) in [6.07, 6.45) is -3.94. The predicted molar refractivity (Wildman–Crippen MR) is 53.9 cm³/mol. The van der Waals surface area contributed by atoms with Crippen LogP contribution < -0.4 is 0 Å². The number of halogens is 7. The van der Waals surface area contributed by atoms with Gasteiger partial charge in [0.25, 0.3) is 0 Å². The van der Waals surface area contributed by atoms with E-state index in [1.165, 1.54) is 22.6 Å². The number of thioether (sulfide) groups is 1. The van der Waals surface area contributed by atoms with Crippen molar-refractivity contribution in [3.8, 4) is 0 Å². The average molecular weight is 373 g/mol. The first kappa shape index (κ1) is 13.9. The van der Waals surface area contributed by atoms with Crippen molar-refractivity contribution in [3.05, 3.63) is 21.4 Å². The zero-order valence-corrected chi connectivity index (χ0v) is 10.1. The fraction of sp³-hybridized carbons (Fsp3) is 0.286. The lowest BCUT2D eigenvalue weighted by atomic mass is 10.3. The Kier molecular flexibility index (Phi) is 3.98. The van der Waals surface area contributed by atoms with Crippen LogP contribution in [0, 0.1) is 3.57 Å². The van der Waals surface area contributed by atoms with E-state index in [1.54, 1.807) is 0 Å². The van der Waals surface area contributed by atoms with Crippen molar-refractivity contribution in [1.82, 2.24) is 4.98 Å². The first-order valence-corrected chi connectivity index (χ1v) is 5.48. The first-order chi connectivity index (χ1) is 7.11. The molecular weight excluding hydrogens is 371 g/mol. The highest BCUT2D eigenvalue weighted by atomic mass is 127. The Balaban J connectivity index is 3.24. The molecule has 1 heterocycles. The largest absolute Gasteiger partial charge is 0.447 e. The fourth-order valence-electron chi connectivity index (χ4n) is 0.864. The zero-order chi connectivity index (χ0) is 12.6. The lowest BCUT2D eigenvalue weighted by Gasteiger charge is -2.13. The van der Waals surface area contributed by atoms with E-state index in [9.17, 15) is 26.3 Å². The lowest BCUT2D eigenvalue weighted by Crippen LogP contribution is -2.12. The van der Waals surface area contributed by atoms with E-state index in [2.05, 4.69) is 4.98 Å². The summed E-state index contributed by atoms with van der Waals surface area (Å²) in [5, 5.41) is -1.08. The van der Waals surface area contributed by atoms with Crippen LogP contribution in [0.4, 0.5) is 26.3 Å². The second kappa shape index (κ2) is 4.59. The van der Waals surface area contributed by atoms with Gasteiger partial charge in [-0.25, -0.2) is 4.98 Å². The Hall–Kier alpha value is -0.190. The monoisotopic (exact) mass is 373 g/mol. The third kappa shape index (κ3) is 3.68. The highest BCUT2D eigenvalue weighted by Gasteiger charge is 2.40. The summed E-state index contributed by atoms with van der Waals surface area (Å²) >= 11 is 0.455. The minimum absolute atomic E-state index is 0.313. The van der Waals surface area contributed by atoms with Gasteiger partial charge in [0.05, 0.1) is 0 Å². The maximum atomic E-state index is 12.5. The number of nitrogens with zero attached hydrogens (tertiary/aromatic N) is 1. The van der Waals surface area contributed by atoms with Gasteiger partial charge >= 0.3 is 11.7 Å². The van der Waals surface area contributed by atoms with Crippen molar-refractivity contribution in [2.75, 3.05) is 0 Å². The molecule has 0 N–H and O–H groups in total. The van der Waals surface area contributed by atoms with E-state index in [0.29, 0.717) is 0 Å². The number of aromatic nitrogens is 1. The maximum absolute atomic E-state index is 12.5. The van der Waals surface area contributed by atoms with Gasteiger partial charge in [0.1, 0.15) is 10.6 Å². The molecule has 1 aromatic heterocycles. The number of hydrogen-bond donors (Lipinski definition) is 0. The van der Waals surface area contributed by atoms with Crippen LogP contribution in [-0.4, -0.2) is 10.5 Å². The van der Waals surface area contributed by atoms with Crippen molar-refractivity contribution in [2.24, 2.45) is 0 Å². The molecule has 1 rings (SSSR count). The molecule has 0 unspecified atom stereocenters. The van der Waals surface area contributed by atoms with Gasteiger partial charge in [-0.05, 0) is 28.7 Å². The summed E-state index contributed by atoms with van der Waals surface area (Å²) in [7, 11) is 0. The van der Waals surface area contributed by atoms with Gasteiger partial charge < -0.3 is 0 Å². The highest BCUT2D eigenvalue weighted by molar-refractivity contribution is 14.1. The lowest BCUT2D eigenvalue weighted by molar-refractivity contribution is -0.141. The van der Waals surface area contributed by atoms with Crippen LogP contribution in [0.1, 0.15) is 5.56 Å². The Morgan fingerprint density at radius 2 is 1.69 bits per heavy atom. The molecule has 0 spiro atoms. The molecule has 0 radical (unpaired) electrons. The second-order valence-corrected chi connectivity index (χ2v) is 4.73. The Labute approximate surface area is 104 Å². The summed E-state index contributed by atoms with van der Waals surface area (Å²) in [6.45, 7) is 0. The van der Waals surface area contributed by atoms with Crippen LogP contribution in [0.5, 0.6) is 0 Å². The molecule has 0 saturated heterocycles. The van der Waals surface area contributed by atoms with Crippen molar-refractivity contribution < 1.29 is 26.3 Å². The third-order valence-electron chi connectivity index (χ3n) is 1.36. The highest BCUT2D eigenvalue weighted by Crippen LogP contribution is 2.43. The van der Waals surface area contributed by atoms with Gasteiger partial charge in [-0.3, -0.25) is 0 Å². The predicted octanol–water partition coefficient (Wildman–Crippen LogP) is 4.32. The second-order valence-electron chi connectivity index (χ2n) is 2.52. The van der Waals surface area contributed by atoms with E-state index >= 15 is 0 Å². The summed E-state index contributed by atoms with van der Waals surface area (Å²) < 4.78 is 73.0. The van der Waals surface area contributed by atoms with Crippen molar-refractivity contribution in [2.45, 2.75) is 16.7 Å². The molecule has 0 fully saturated rings. The fourth-order valence-corrected chi connectivity index (χ4v) is 2.43. The number of rotatable bonds is 1. The minimum atomic E-state index is -4.85. The molecule has 0 saturated carbocycles. The molecule has 90 valence electrons. The molecule has 0 bridgehead atoms. The standard InChI is InChI=1S/C7H2F6INS/c8-6(9,10)4-3(14)1-2-15-5(4)16-7(11,12)13/h1-2H. The summed E-state index contributed by atoms with van der Waals surface area (Å²) in [5.74, 6) is 0. The summed E-state index contributed by atoms with van der Waals surface area (Å²) in [4.78, 5) is 3.11. The van der Waals surface area contributed by atoms with Crippen molar-refractivity contribution >= 4 is 34.4 Å². The van der Waals surface area contributed by atoms with Gasteiger partial charge in [-0.2, -0.15) is 26.3 Å². The number of alkyl halides is 6.